The molecule has 4 fully saturated rings. The number of nitrogens with two attached hydrogens (primary N) is 3. The van der Waals surface area contributed by atoms with Crippen LogP contribution in [0.1, 0.15) is 103 Å². The minimum atomic E-state index is -1.91. The van der Waals surface area contributed by atoms with E-state index in [0.717, 1.165) is 53.0 Å². The zero-order valence-electron chi connectivity index (χ0n) is 65.2. The van der Waals surface area contributed by atoms with Crippen LogP contribution in [0.3, 0.4) is 0 Å². The van der Waals surface area contributed by atoms with E-state index in [-0.39, 0.29) is 75.4 Å². The SMILES string of the molecule is CC(C)C[C@@H]1NC(=O)[C@H](CCC(=O)O)NC(=O)[C@@H]2CCCN2C(=O)[C@H](Cc2cnc[nH]2)NC(=O)[C@H](CC(N)=O)NC(=O)[C@H](C(C)C)NC(=O)[C@H](Cc2ccc(O)cc2)NC(=O)[C@@H]2CSSC[C@H](NC(=O)CN)C(=O)N[C@@H](CSSC[C@@H](C(N)=O)NC1=O)C(=O)N[C@@H](CO)C(=O)N[C@@H](Cc1cnc[nH]1)C(=O)N1CCC[C@H]1C(=O)N[C@@H](C)C(=O)N2. The number of carboxylic acids is 1. The number of aliphatic carboxylic acids is 1. The number of nitrogens with zero attached hydrogens (tertiary/aromatic N) is 4. The van der Waals surface area contributed by atoms with Crippen molar-refractivity contribution >= 4 is 150 Å². The maximum absolute atomic E-state index is 15.1. The number of benzene rings is 1. The zero-order chi connectivity index (χ0) is 86.6. The molecule has 4 saturated heterocycles. The summed E-state index contributed by atoms with van der Waals surface area (Å²) >= 11 is 0. The molecule has 2 bridgehead atoms. The summed E-state index contributed by atoms with van der Waals surface area (Å²) in [6, 6.07) is -19.1. The molecule has 0 saturated carbocycles. The molecular weight excluding hydrogens is 1630 g/mol. The average molecular weight is 1730 g/mol. The van der Waals surface area contributed by atoms with Gasteiger partial charge in [0.1, 0.15) is 96.4 Å². The van der Waals surface area contributed by atoms with Crippen molar-refractivity contribution in [1.29, 1.82) is 0 Å². The Morgan fingerprint density at radius 3 is 1.52 bits per heavy atom. The van der Waals surface area contributed by atoms with Gasteiger partial charge in [0.15, 0.2) is 0 Å². The number of rotatable bonds is 18. The third-order valence-electron chi connectivity index (χ3n) is 19.2. The first-order valence-corrected chi connectivity index (χ1v) is 42.9. The van der Waals surface area contributed by atoms with E-state index in [9.17, 15) is 92.0 Å². The van der Waals surface area contributed by atoms with Gasteiger partial charge in [0, 0.05) is 85.6 Å². The number of phenols is 1. The fourth-order valence-corrected chi connectivity index (χ4v) is 17.6. The number of fused-ring (bicyclic) bond motifs is 10. The molecule has 2 aromatic heterocycles. The van der Waals surface area contributed by atoms with Crippen molar-refractivity contribution in [2.75, 3.05) is 49.3 Å². The predicted molar refractivity (Wildman–Crippen MR) is 427 cm³/mol. The number of hydrogen-bond donors (Lipinski definition) is 21. The van der Waals surface area contributed by atoms with Gasteiger partial charge in [-0.25, -0.2) is 9.97 Å². The van der Waals surface area contributed by atoms with Crippen LogP contribution in [0.25, 0.3) is 0 Å². The van der Waals surface area contributed by atoms with Gasteiger partial charge in [-0.2, -0.15) is 0 Å². The van der Waals surface area contributed by atoms with Crippen LogP contribution in [0, 0.1) is 11.8 Å². The summed E-state index contributed by atoms with van der Waals surface area (Å²) in [5.74, 6) is -22.3. The Hall–Kier alpha value is -10.8. The lowest BCUT2D eigenvalue weighted by Gasteiger charge is -2.31. The highest BCUT2D eigenvalue weighted by molar-refractivity contribution is 8.77. The Labute approximate surface area is 692 Å². The van der Waals surface area contributed by atoms with Gasteiger partial charge >= 0.3 is 5.97 Å². The van der Waals surface area contributed by atoms with Crippen molar-refractivity contribution in [3.05, 3.63) is 66.3 Å². The molecule has 3 aromatic rings. The lowest BCUT2D eigenvalue weighted by atomic mass is 10.00. The number of aromatic nitrogens is 4. The summed E-state index contributed by atoms with van der Waals surface area (Å²) in [5, 5.41) is 63.8. The number of imidazole rings is 2. The van der Waals surface area contributed by atoms with Crippen molar-refractivity contribution in [3.8, 4) is 5.75 Å². The summed E-state index contributed by atoms with van der Waals surface area (Å²) in [6.07, 6.45) is 2.21. The zero-order valence-corrected chi connectivity index (χ0v) is 68.5. The second-order valence-corrected chi connectivity index (χ2v) is 34.3. The highest BCUT2D eigenvalue weighted by Gasteiger charge is 2.44. The fraction of sp³-hybridized carbons (Fsp3) is 0.577. The minimum Gasteiger partial charge on any atom is -0.508 e. The largest absolute Gasteiger partial charge is 0.508 e. The van der Waals surface area contributed by atoms with Gasteiger partial charge in [0.25, 0.3) is 0 Å². The van der Waals surface area contributed by atoms with Crippen LogP contribution in [-0.4, -0.2) is 291 Å². The average Bonchev–Trinajstić information content (AvgIpc) is 1.49. The van der Waals surface area contributed by atoms with Crippen LogP contribution in [0.2, 0.25) is 0 Å². The van der Waals surface area contributed by atoms with Crippen LogP contribution in [-0.2, 0) is 106 Å². The summed E-state index contributed by atoms with van der Waals surface area (Å²) < 4.78 is 0. The summed E-state index contributed by atoms with van der Waals surface area (Å²) in [7, 11) is 3.24. The molecule has 0 unspecified atom stereocenters. The van der Waals surface area contributed by atoms with E-state index in [4.69, 9.17) is 17.2 Å². The third-order valence-corrected chi connectivity index (χ3v) is 24.1. The number of aliphatic hydroxyl groups excluding tert-OH is 1. The van der Waals surface area contributed by atoms with Gasteiger partial charge in [-0.05, 0) is 75.0 Å². The number of carbonyl (C=O) groups excluding carboxylic acids is 17. The third kappa shape index (κ3) is 28.5. The molecular formula is C71H102N22O21S4. The van der Waals surface area contributed by atoms with E-state index in [1.165, 1.54) is 70.1 Å². The van der Waals surface area contributed by atoms with Crippen LogP contribution < -0.4 is 86.3 Å². The molecule has 24 N–H and O–H groups in total. The number of aromatic hydroxyl groups is 1. The highest BCUT2D eigenvalue weighted by Crippen LogP contribution is 2.28. The molecule has 1 aromatic carbocycles. The molecule has 17 amide bonds. The fourth-order valence-electron chi connectivity index (χ4n) is 12.9. The number of aliphatic hydroxyl groups is 1. The Bertz CT molecular complexity index is 4090. The predicted octanol–water partition coefficient (Wildman–Crippen LogP) is -7.16. The number of amides is 17. The molecule has 47 heteroatoms. The van der Waals surface area contributed by atoms with Crippen molar-refractivity contribution in [1.82, 2.24) is 98.9 Å². The molecule has 6 heterocycles. The highest BCUT2D eigenvalue weighted by atomic mass is 33.1. The van der Waals surface area contributed by atoms with Gasteiger partial charge < -0.3 is 121 Å². The molecule has 0 aliphatic carbocycles. The molecule has 118 heavy (non-hydrogen) atoms. The van der Waals surface area contributed by atoms with Gasteiger partial charge in [0.05, 0.1) is 32.2 Å². The lowest BCUT2D eigenvalue weighted by Crippen LogP contribution is -2.62. The first kappa shape index (κ1) is 94.4. The number of primary amides is 2. The standard InChI is InChI=1S/C71H102N22O21S4/c1-33(2)18-41-60(103)88-47(57(74)100)27-115-117-30-50-66(109)87-46(26-94)63(106)86-45(21-38-25-76-32-78-38)71(114)92-16-6-8-51(92)67(110)79-35(5)58(101)89-49(29-118-116-28-48(64(107)90-50)80-54(97)23-72)65(108)83-42(19-36-10-12-39(95)13-11-36)62(105)91-56(34(3)4)69(112)84-43(22-53(73)96)61(104)85-44(20-37-24-75-31-77-37)70(113)93-17-7-9-52(93)68(111)81-40(59(102)82-41)14-15-55(98)99/h10-13,24-25,31-35,40-52,56,94-95H,6-9,14-23,26-30,72H2,1-5H3,(H2,73,96)(H2,74,100)(H,75,77)(H,76,78)(H,79,110)(H,80,97)(H,81,111)(H,82,102)(H,83,108)(H,84,112)(H,85,104)(H,86,106)(H,87,109)(H,88,103)(H,89,101)(H,90,107)(H,91,105)(H,98,99)/t35-,40-,41-,42-,43-,44-,45-,46-,47-,48-,49-,50-,51-,52-,56-/m0/s1. The monoisotopic (exact) mass is 1730 g/mol. The van der Waals surface area contributed by atoms with Crippen molar-refractivity contribution in [3.63, 3.8) is 0 Å². The topological polar surface area (TPSA) is 666 Å². The molecule has 0 spiro atoms. The second-order valence-electron chi connectivity index (χ2n) is 29.2. The van der Waals surface area contributed by atoms with Gasteiger partial charge in [0.2, 0.25) is 100 Å². The number of carbonyl (C=O) groups is 18. The smallest absolute Gasteiger partial charge is 0.303 e. The molecule has 4 aliphatic rings. The van der Waals surface area contributed by atoms with Gasteiger partial charge in [-0.15, -0.1) is 0 Å². The van der Waals surface area contributed by atoms with E-state index in [1.807, 2.05) is 0 Å². The maximum atomic E-state index is 15.1. The number of aromatic amines is 2. The van der Waals surface area contributed by atoms with Crippen molar-refractivity contribution < 1.29 is 102 Å². The molecule has 43 nitrogen and oxygen atoms in total. The van der Waals surface area contributed by atoms with Crippen LogP contribution in [0.4, 0.5) is 0 Å². The molecule has 4 aliphatic heterocycles. The first-order chi connectivity index (χ1) is 56.0. The Morgan fingerprint density at radius 1 is 0.534 bits per heavy atom. The summed E-state index contributed by atoms with van der Waals surface area (Å²) in [4.78, 5) is 273. The summed E-state index contributed by atoms with van der Waals surface area (Å²) in [6.45, 7) is 5.62. The molecule has 15 atom stereocenters. The van der Waals surface area contributed by atoms with Gasteiger partial charge in [-0.1, -0.05) is 83.0 Å². The lowest BCUT2D eigenvalue weighted by molar-refractivity contribution is -0.143. The van der Waals surface area contributed by atoms with E-state index >= 15 is 9.59 Å². The van der Waals surface area contributed by atoms with E-state index < -0.39 is 265 Å². The molecule has 646 valence electrons. The summed E-state index contributed by atoms with van der Waals surface area (Å²) in [5.41, 5.74) is 18.1. The van der Waals surface area contributed by atoms with E-state index in [1.54, 1.807) is 13.8 Å². The van der Waals surface area contributed by atoms with E-state index in [0.29, 0.717) is 11.3 Å². The van der Waals surface area contributed by atoms with Crippen LogP contribution >= 0.6 is 43.2 Å². The number of H-pyrrole nitrogens is 2. The number of carboxylic acid groups (broad SMARTS) is 1. The normalized spacial score (nSPS) is 27.1. The Morgan fingerprint density at radius 2 is 1.01 bits per heavy atom. The Balaban J connectivity index is 1.33. The van der Waals surface area contributed by atoms with Crippen molar-refractivity contribution in [2.45, 2.75) is 196 Å². The van der Waals surface area contributed by atoms with Crippen molar-refractivity contribution in [2.24, 2.45) is 29.0 Å². The van der Waals surface area contributed by atoms with Crippen LogP contribution in [0.5, 0.6) is 5.75 Å². The quantitative estimate of drug-likeness (QED) is 0.0526. The first-order valence-electron chi connectivity index (χ1n) is 37.9. The number of phenolic OH excluding ortho intramolecular Hbond substituents is 1. The maximum Gasteiger partial charge on any atom is 0.303 e. The Kier molecular flexibility index (Phi) is 36.6. The van der Waals surface area contributed by atoms with Gasteiger partial charge in [-0.3, -0.25) is 86.3 Å². The van der Waals surface area contributed by atoms with Crippen LogP contribution in [0.15, 0.2) is 49.3 Å². The minimum absolute atomic E-state index is 0.0432. The molecule has 7 rings (SSSR count). The number of hydrogen-bond acceptors (Lipinski definition) is 27. The molecule has 0 radical (unpaired) electrons. The number of nitrogens with one attached hydrogen (secondary N) is 15. The van der Waals surface area contributed by atoms with E-state index in [2.05, 4.69) is 89.1 Å². The second kappa shape index (κ2) is 45.8.